The summed E-state index contributed by atoms with van der Waals surface area (Å²) in [5, 5.41) is 3.29. The van der Waals surface area contributed by atoms with Crippen molar-refractivity contribution in [3.8, 4) is 0 Å². The maximum Gasteiger partial charge on any atom is 0.127 e. The van der Waals surface area contributed by atoms with Gasteiger partial charge in [-0.05, 0) is 44.0 Å². The number of rotatable bonds is 6. The third-order valence-electron chi connectivity index (χ3n) is 4.03. The number of nitrogens with one attached hydrogen (secondary N) is 1. The first-order valence-electron chi connectivity index (χ1n) is 7.46. The SMILES string of the molecule is CCNCc1ccc(F)c(CN2CCCC2CC)c1. The van der Waals surface area contributed by atoms with Crippen LogP contribution < -0.4 is 5.32 Å². The molecule has 1 aromatic rings. The van der Waals surface area contributed by atoms with Crippen molar-refractivity contribution >= 4 is 0 Å². The fourth-order valence-corrected chi connectivity index (χ4v) is 2.91. The topological polar surface area (TPSA) is 15.3 Å². The predicted octanol–water partition coefficient (Wildman–Crippen LogP) is 3.31. The lowest BCUT2D eigenvalue weighted by Crippen LogP contribution is -2.28. The van der Waals surface area contributed by atoms with E-state index >= 15 is 0 Å². The van der Waals surface area contributed by atoms with E-state index in [1.165, 1.54) is 24.8 Å². The Morgan fingerprint density at radius 3 is 2.95 bits per heavy atom. The summed E-state index contributed by atoms with van der Waals surface area (Å²) in [4.78, 5) is 2.43. The Kier molecular flexibility index (Phi) is 5.34. The lowest BCUT2D eigenvalue weighted by atomic mass is 10.1. The van der Waals surface area contributed by atoms with Crippen LogP contribution in [0.4, 0.5) is 4.39 Å². The van der Waals surface area contributed by atoms with Crippen molar-refractivity contribution in [1.82, 2.24) is 10.2 Å². The Bertz CT molecular complexity index is 406. The van der Waals surface area contributed by atoms with E-state index in [1.807, 2.05) is 12.1 Å². The third-order valence-corrected chi connectivity index (χ3v) is 4.03. The van der Waals surface area contributed by atoms with Gasteiger partial charge in [0.25, 0.3) is 0 Å². The minimum Gasteiger partial charge on any atom is -0.313 e. The van der Waals surface area contributed by atoms with Crippen LogP contribution in [-0.4, -0.2) is 24.0 Å². The van der Waals surface area contributed by atoms with Crippen molar-refractivity contribution in [2.45, 2.75) is 52.2 Å². The highest BCUT2D eigenvalue weighted by Gasteiger charge is 2.23. The van der Waals surface area contributed by atoms with Crippen molar-refractivity contribution in [2.75, 3.05) is 13.1 Å². The highest BCUT2D eigenvalue weighted by Crippen LogP contribution is 2.23. The second-order valence-electron chi connectivity index (χ2n) is 5.38. The molecule has 0 bridgehead atoms. The summed E-state index contributed by atoms with van der Waals surface area (Å²) in [6.07, 6.45) is 3.67. The smallest absolute Gasteiger partial charge is 0.127 e. The quantitative estimate of drug-likeness (QED) is 0.848. The van der Waals surface area contributed by atoms with Crippen LogP contribution in [0.2, 0.25) is 0 Å². The van der Waals surface area contributed by atoms with Crippen LogP contribution in [-0.2, 0) is 13.1 Å². The van der Waals surface area contributed by atoms with E-state index in [1.54, 1.807) is 6.07 Å². The van der Waals surface area contributed by atoms with E-state index in [9.17, 15) is 4.39 Å². The van der Waals surface area contributed by atoms with E-state index in [0.717, 1.165) is 31.7 Å². The molecule has 2 rings (SSSR count). The third kappa shape index (κ3) is 3.77. The first-order valence-corrected chi connectivity index (χ1v) is 7.46. The molecule has 0 radical (unpaired) electrons. The first-order chi connectivity index (χ1) is 9.24. The van der Waals surface area contributed by atoms with Crippen LogP contribution in [0, 0.1) is 5.82 Å². The minimum absolute atomic E-state index is 0.0676. The zero-order chi connectivity index (χ0) is 13.7. The van der Waals surface area contributed by atoms with Crippen LogP contribution in [0.5, 0.6) is 0 Å². The van der Waals surface area contributed by atoms with Crippen molar-refractivity contribution in [3.05, 3.63) is 35.1 Å². The van der Waals surface area contributed by atoms with Crippen molar-refractivity contribution in [2.24, 2.45) is 0 Å². The Morgan fingerprint density at radius 1 is 1.37 bits per heavy atom. The molecule has 1 N–H and O–H groups in total. The highest BCUT2D eigenvalue weighted by molar-refractivity contribution is 5.25. The second kappa shape index (κ2) is 7.01. The van der Waals surface area contributed by atoms with E-state index in [2.05, 4.69) is 24.1 Å². The Hall–Kier alpha value is -0.930. The fourth-order valence-electron chi connectivity index (χ4n) is 2.91. The molecular formula is C16H25FN2. The molecule has 0 aromatic heterocycles. The van der Waals surface area contributed by atoms with Gasteiger partial charge in [0, 0.05) is 24.7 Å². The van der Waals surface area contributed by atoms with Crippen molar-refractivity contribution in [3.63, 3.8) is 0 Å². The van der Waals surface area contributed by atoms with Gasteiger partial charge in [-0.3, -0.25) is 4.90 Å². The molecule has 0 saturated carbocycles. The van der Waals surface area contributed by atoms with Gasteiger partial charge in [-0.1, -0.05) is 26.0 Å². The minimum atomic E-state index is -0.0676. The average Bonchev–Trinajstić information content (AvgIpc) is 2.87. The van der Waals surface area contributed by atoms with E-state index in [-0.39, 0.29) is 5.82 Å². The standard InChI is InChI=1S/C16H25FN2/c1-3-15-6-5-9-19(15)12-14-10-13(11-18-4-2)7-8-16(14)17/h7-8,10,15,18H,3-6,9,11-12H2,1-2H3. The Labute approximate surface area is 116 Å². The molecule has 2 nitrogen and oxygen atoms in total. The van der Waals surface area contributed by atoms with Gasteiger partial charge in [0.2, 0.25) is 0 Å². The van der Waals surface area contributed by atoms with Gasteiger partial charge in [0.05, 0.1) is 0 Å². The Morgan fingerprint density at radius 2 is 2.21 bits per heavy atom. The van der Waals surface area contributed by atoms with E-state index in [4.69, 9.17) is 0 Å². The van der Waals surface area contributed by atoms with Gasteiger partial charge in [0.1, 0.15) is 5.82 Å². The molecule has 0 spiro atoms. The molecule has 1 heterocycles. The number of likely N-dealkylation sites (tertiary alicyclic amines) is 1. The molecular weight excluding hydrogens is 239 g/mol. The number of halogens is 1. The van der Waals surface area contributed by atoms with Gasteiger partial charge in [-0.2, -0.15) is 0 Å². The molecule has 1 fully saturated rings. The summed E-state index contributed by atoms with van der Waals surface area (Å²) in [5.41, 5.74) is 2.02. The number of hydrogen-bond donors (Lipinski definition) is 1. The lowest BCUT2D eigenvalue weighted by molar-refractivity contribution is 0.237. The van der Waals surface area contributed by atoms with Gasteiger partial charge >= 0.3 is 0 Å². The van der Waals surface area contributed by atoms with Crippen molar-refractivity contribution in [1.29, 1.82) is 0 Å². The average molecular weight is 264 g/mol. The first kappa shape index (κ1) is 14.5. The summed E-state index contributed by atoms with van der Waals surface area (Å²) >= 11 is 0. The second-order valence-corrected chi connectivity index (χ2v) is 5.38. The van der Waals surface area contributed by atoms with Crippen LogP contribution in [0.15, 0.2) is 18.2 Å². The van der Waals surface area contributed by atoms with Crippen LogP contribution in [0.3, 0.4) is 0 Å². The highest BCUT2D eigenvalue weighted by atomic mass is 19.1. The molecule has 3 heteroatoms. The monoisotopic (exact) mass is 264 g/mol. The maximum atomic E-state index is 13.9. The summed E-state index contributed by atoms with van der Waals surface area (Å²) in [7, 11) is 0. The molecule has 1 aliphatic rings. The molecule has 1 aliphatic heterocycles. The number of hydrogen-bond acceptors (Lipinski definition) is 2. The summed E-state index contributed by atoms with van der Waals surface area (Å²) in [5.74, 6) is -0.0676. The number of benzene rings is 1. The molecule has 1 atom stereocenters. The van der Waals surface area contributed by atoms with Crippen LogP contribution in [0.25, 0.3) is 0 Å². The van der Waals surface area contributed by atoms with Crippen LogP contribution >= 0.6 is 0 Å². The summed E-state index contributed by atoms with van der Waals surface area (Å²) in [6, 6.07) is 6.14. The normalized spacial score (nSPS) is 20.1. The van der Waals surface area contributed by atoms with Gasteiger partial charge in [-0.25, -0.2) is 4.39 Å². The van der Waals surface area contributed by atoms with Gasteiger partial charge < -0.3 is 5.32 Å². The zero-order valence-electron chi connectivity index (χ0n) is 12.1. The van der Waals surface area contributed by atoms with Gasteiger partial charge in [-0.15, -0.1) is 0 Å². The van der Waals surface area contributed by atoms with Crippen molar-refractivity contribution < 1.29 is 4.39 Å². The number of nitrogens with zero attached hydrogens (tertiary/aromatic N) is 1. The molecule has 0 aliphatic carbocycles. The molecule has 106 valence electrons. The molecule has 1 saturated heterocycles. The molecule has 19 heavy (non-hydrogen) atoms. The molecule has 0 amide bonds. The maximum absolute atomic E-state index is 13.9. The summed E-state index contributed by atoms with van der Waals surface area (Å²) in [6.45, 7) is 7.93. The fraction of sp³-hybridized carbons (Fsp3) is 0.625. The predicted molar refractivity (Wildman–Crippen MR) is 77.5 cm³/mol. The molecule has 1 unspecified atom stereocenters. The largest absolute Gasteiger partial charge is 0.313 e. The van der Waals surface area contributed by atoms with E-state index in [0.29, 0.717) is 6.04 Å². The summed E-state index contributed by atoms with van der Waals surface area (Å²) < 4.78 is 13.9. The lowest BCUT2D eigenvalue weighted by Gasteiger charge is -2.23. The Balaban J connectivity index is 2.05. The molecule has 1 aromatic carbocycles. The van der Waals surface area contributed by atoms with Gasteiger partial charge in [0.15, 0.2) is 0 Å². The zero-order valence-corrected chi connectivity index (χ0v) is 12.1. The van der Waals surface area contributed by atoms with E-state index < -0.39 is 0 Å². The van der Waals surface area contributed by atoms with Crippen LogP contribution in [0.1, 0.15) is 44.2 Å².